The molecule has 1 aliphatic rings. The molecule has 0 aromatic heterocycles. The molecule has 0 radical (unpaired) electrons. The summed E-state index contributed by atoms with van der Waals surface area (Å²) in [4.78, 5) is 0. The quantitative estimate of drug-likeness (QED) is 0.714. The smallest absolute Gasteiger partial charge is 0.0726 e. The molecule has 1 nitrogen and oxygen atoms in total. The van der Waals surface area contributed by atoms with Crippen molar-refractivity contribution in [3.63, 3.8) is 0 Å². The third-order valence-corrected chi connectivity index (χ3v) is 4.55. The van der Waals surface area contributed by atoms with Crippen molar-refractivity contribution in [3.8, 4) is 0 Å². The zero-order chi connectivity index (χ0) is 10.3. The molecular formula is C12H24O. The molecule has 0 saturated heterocycles. The fraction of sp³-hybridized carbons (Fsp3) is 1.00. The van der Waals surface area contributed by atoms with Crippen LogP contribution in [0.4, 0.5) is 0 Å². The molecule has 1 rings (SSSR count). The Morgan fingerprint density at radius 2 is 1.77 bits per heavy atom. The maximum atomic E-state index is 10.5. The first-order valence-corrected chi connectivity index (χ1v) is 5.57. The Morgan fingerprint density at radius 1 is 1.23 bits per heavy atom. The summed E-state index contributed by atoms with van der Waals surface area (Å²) >= 11 is 0. The minimum absolute atomic E-state index is 0.135. The summed E-state index contributed by atoms with van der Waals surface area (Å²) in [6.45, 7) is 11.0. The van der Waals surface area contributed by atoms with Gasteiger partial charge >= 0.3 is 0 Å². The van der Waals surface area contributed by atoms with Crippen molar-refractivity contribution in [2.75, 3.05) is 0 Å². The lowest BCUT2D eigenvalue weighted by Crippen LogP contribution is -2.59. The lowest BCUT2D eigenvalue weighted by atomic mass is 9.52. The van der Waals surface area contributed by atoms with Gasteiger partial charge in [0, 0.05) is 0 Å². The average Bonchev–Trinajstić information content (AvgIpc) is 2.12. The Balaban J connectivity index is 2.70. The molecule has 0 aromatic carbocycles. The van der Waals surface area contributed by atoms with Gasteiger partial charge in [0.05, 0.1) is 5.60 Å². The Kier molecular flexibility index (Phi) is 2.78. The molecule has 1 heteroatoms. The van der Waals surface area contributed by atoms with Crippen molar-refractivity contribution in [1.29, 1.82) is 0 Å². The first kappa shape index (κ1) is 11.0. The topological polar surface area (TPSA) is 20.2 Å². The summed E-state index contributed by atoms with van der Waals surface area (Å²) in [7, 11) is 0. The molecule has 78 valence electrons. The SMILES string of the molecule is CCC(C)C(C)C1(O)CCC1(C)C. The van der Waals surface area contributed by atoms with Gasteiger partial charge in [0.2, 0.25) is 0 Å². The molecule has 0 bridgehead atoms. The maximum Gasteiger partial charge on any atom is 0.0726 e. The van der Waals surface area contributed by atoms with E-state index in [-0.39, 0.29) is 5.41 Å². The zero-order valence-corrected chi connectivity index (χ0v) is 9.72. The van der Waals surface area contributed by atoms with Gasteiger partial charge in [-0.1, -0.05) is 41.0 Å². The van der Waals surface area contributed by atoms with Crippen molar-refractivity contribution < 1.29 is 5.11 Å². The second-order valence-electron chi connectivity index (χ2n) is 5.48. The van der Waals surface area contributed by atoms with E-state index in [1.54, 1.807) is 0 Å². The van der Waals surface area contributed by atoms with Gasteiger partial charge in [-0.15, -0.1) is 0 Å². The van der Waals surface area contributed by atoms with Crippen LogP contribution in [0.2, 0.25) is 0 Å². The maximum absolute atomic E-state index is 10.5. The van der Waals surface area contributed by atoms with Crippen LogP contribution in [-0.2, 0) is 0 Å². The number of aliphatic hydroxyl groups is 1. The minimum atomic E-state index is -0.400. The fourth-order valence-corrected chi connectivity index (χ4v) is 2.55. The van der Waals surface area contributed by atoms with Gasteiger partial charge in [-0.2, -0.15) is 0 Å². The molecule has 0 aliphatic heterocycles. The van der Waals surface area contributed by atoms with Crippen molar-refractivity contribution >= 4 is 0 Å². The first-order chi connectivity index (χ1) is 5.85. The molecule has 0 heterocycles. The van der Waals surface area contributed by atoms with E-state index in [0.29, 0.717) is 11.8 Å². The fourth-order valence-electron chi connectivity index (χ4n) is 2.55. The highest BCUT2D eigenvalue weighted by Gasteiger charge is 2.55. The van der Waals surface area contributed by atoms with Gasteiger partial charge in [0.1, 0.15) is 0 Å². The van der Waals surface area contributed by atoms with E-state index in [2.05, 4.69) is 34.6 Å². The molecule has 1 aliphatic carbocycles. The lowest BCUT2D eigenvalue weighted by molar-refractivity contribution is -0.192. The van der Waals surface area contributed by atoms with E-state index in [0.717, 1.165) is 6.42 Å². The zero-order valence-electron chi connectivity index (χ0n) is 9.72. The Labute approximate surface area is 82.5 Å². The summed E-state index contributed by atoms with van der Waals surface area (Å²) in [5.41, 5.74) is -0.266. The molecule has 3 atom stereocenters. The van der Waals surface area contributed by atoms with Crippen LogP contribution >= 0.6 is 0 Å². The summed E-state index contributed by atoms with van der Waals surface area (Å²) in [5.74, 6) is 1.06. The van der Waals surface area contributed by atoms with Gasteiger partial charge in [0.15, 0.2) is 0 Å². The predicted octanol–water partition coefficient (Wildman–Crippen LogP) is 3.22. The van der Waals surface area contributed by atoms with Crippen molar-refractivity contribution in [2.45, 2.75) is 59.5 Å². The number of hydrogen-bond donors (Lipinski definition) is 1. The van der Waals surface area contributed by atoms with Gasteiger partial charge in [0.25, 0.3) is 0 Å². The summed E-state index contributed by atoms with van der Waals surface area (Å²) in [6, 6.07) is 0. The van der Waals surface area contributed by atoms with E-state index in [9.17, 15) is 5.11 Å². The van der Waals surface area contributed by atoms with E-state index in [4.69, 9.17) is 0 Å². The summed E-state index contributed by atoms with van der Waals surface area (Å²) in [6.07, 6.45) is 3.33. The third-order valence-electron chi connectivity index (χ3n) is 4.55. The molecule has 1 saturated carbocycles. The van der Waals surface area contributed by atoms with Gasteiger partial charge < -0.3 is 5.11 Å². The number of hydrogen-bond acceptors (Lipinski definition) is 1. The largest absolute Gasteiger partial charge is 0.389 e. The van der Waals surface area contributed by atoms with Crippen LogP contribution < -0.4 is 0 Å². The molecule has 1 N–H and O–H groups in total. The molecule has 3 unspecified atom stereocenters. The highest BCUT2D eigenvalue weighted by atomic mass is 16.3. The van der Waals surface area contributed by atoms with Crippen LogP contribution in [0.5, 0.6) is 0 Å². The second kappa shape index (κ2) is 3.27. The van der Waals surface area contributed by atoms with Gasteiger partial charge in [-0.05, 0) is 30.1 Å². The van der Waals surface area contributed by atoms with E-state index >= 15 is 0 Å². The van der Waals surface area contributed by atoms with Crippen molar-refractivity contribution in [1.82, 2.24) is 0 Å². The molecule has 0 spiro atoms. The molecule has 0 amide bonds. The van der Waals surface area contributed by atoms with Crippen LogP contribution in [-0.4, -0.2) is 10.7 Å². The molecule has 1 fully saturated rings. The molecule has 13 heavy (non-hydrogen) atoms. The van der Waals surface area contributed by atoms with E-state index in [1.807, 2.05) is 0 Å². The van der Waals surface area contributed by atoms with Gasteiger partial charge in [-0.25, -0.2) is 0 Å². The monoisotopic (exact) mass is 184 g/mol. The minimum Gasteiger partial charge on any atom is -0.389 e. The Bertz CT molecular complexity index is 186. The van der Waals surface area contributed by atoms with Crippen LogP contribution in [0.15, 0.2) is 0 Å². The molecular weight excluding hydrogens is 160 g/mol. The van der Waals surface area contributed by atoms with E-state index < -0.39 is 5.60 Å². The standard InChI is InChI=1S/C12H24O/c1-6-9(2)10(3)12(13)8-7-11(12,4)5/h9-10,13H,6-8H2,1-5H3. The summed E-state index contributed by atoms with van der Waals surface area (Å²) < 4.78 is 0. The Morgan fingerprint density at radius 3 is 2.00 bits per heavy atom. The normalized spacial score (nSPS) is 36.5. The highest BCUT2D eigenvalue weighted by Crippen LogP contribution is 2.55. The van der Waals surface area contributed by atoms with Crippen molar-refractivity contribution in [3.05, 3.63) is 0 Å². The predicted molar refractivity (Wildman–Crippen MR) is 56.6 cm³/mol. The van der Waals surface area contributed by atoms with Crippen LogP contribution in [0, 0.1) is 17.3 Å². The van der Waals surface area contributed by atoms with E-state index in [1.165, 1.54) is 12.8 Å². The Hall–Kier alpha value is -0.0400. The lowest BCUT2D eigenvalue weighted by Gasteiger charge is -2.57. The third kappa shape index (κ3) is 1.52. The number of rotatable bonds is 3. The van der Waals surface area contributed by atoms with Crippen molar-refractivity contribution in [2.24, 2.45) is 17.3 Å². The van der Waals surface area contributed by atoms with Gasteiger partial charge in [-0.3, -0.25) is 0 Å². The van der Waals surface area contributed by atoms with Crippen LogP contribution in [0.1, 0.15) is 53.9 Å². The van der Waals surface area contributed by atoms with Crippen LogP contribution in [0.3, 0.4) is 0 Å². The second-order valence-corrected chi connectivity index (χ2v) is 5.48. The first-order valence-electron chi connectivity index (χ1n) is 5.57. The highest BCUT2D eigenvalue weighted by molar-refractivity contribution is 5.06. The molecule has 0 aromatic rings. The van der Waals surface area contributed by atoms with Crippen LogP contribution in [0.25, 0.3) is 0 Å². The average molecular weight is 184 g/mol. The summed E-state index contributed by atoms with van der Waals surface area (Å²) in [5, 5.41) is 10.5.